The summed E-state index contributed by atoms with van der Waals surface area (Å²) in [5, 5.41) is 5.55. The number of carbonyl (C=O) groups is 2. The zero-order valence-corrected chi connectivity index (χ0v) is 13.1. The molecular formula is C18H21N3O2. The van der Waals surface area contributed by atoms with Crippen molar-refractivity contribution >= 4 is 23.2 Å². The Labute approximate surface area is 135 Å². The van der Waals surface area contributed by atoms with Crippen molar-refractivity contribution in [2.75, 3.05) is 17.6 Å². The van der Waals surface area contributed by atoms with Crippen molar-refractivity contribution in [3.63, 3.8) is 0 Å². The van der Waals surface area contributed by atoms with Gasteiger partial charge in [-0.3, -0.25) is 9.59 Å². The summed E-state index contributed by atoms with van der Waals surface area (Å²) >= 11 is 0. The van der Waals surface area contributed by atoms with Gasteiger partial charge in [0.15, 0.2) is 0 Å². The first-order valence-corrected chi connectivity index (χ1v) is 7.61. The maximum absolute atomic E-state index is 12.0. The lowest BCUT2D eigenvalue weighted by molar-refractivity contribution is -0.116. The number of anilines is 2. The number of aryl methyl sites for hydroxylation is 1. The fourth-order valence-electron chi connectivity index (χ4n) is 2.20. The molecule has 2 aromatic rings. The molecule has 0 bridgehead atoms. The fraction of sp³-hybridized carbons (Fsp3) is 0.222. The minimum atomic E-state index is -0.118. The van der Waals surface area contributed by atoms with Crippen LogP contribution >= 0.6 is 0 Å². The molecule has 0 aliphatic heterocycles. The summed E-state index contributed by atoms with van der Waals surface area (Å²) in [5.41, 5.74) is 8.70. The molecule has 0 aliphatic rings. The van der Waals surface area contributed by atoms with E-state index in [9.17, 15) is 9.59 Å². The second kappa shape index (κ2) is 7.98. The zero-order chi connectivity index (χ0) is 16.7. The quantitative estimate of drug-likeness (QED) is 0.717. The van der Waals surface area contributed by atoms with Crippen molar-refractivity contribution in [1.29, 1.82) is 0 Å². The Kier molecular flexibility index (Phi) is 5.74. The minimum Gasteiger partial charge on any atom is -0.399 e. The molecule has 0 fully saturated rings. The predicted octanol–water partition coefficient (Wildman–Crippen LogP) is 2.59. The van der Waals surface area contributed by atoms with E-state index in [0.717, 1.165) is 5.56 Å². The molecule has 0 saturated heterocycles. The molecule has 120 valence electrons. The van der Waals surface area contributed by atoms with Crippen LogP contribution in [0.15, 0.2) is 48.5 Å². The van der Waals surface area contributed by atoms with Crippen LogP contribution in [-0.4, -0.2) is 18.4 Å². The molecule has 4 N–H and O–H groups in total. The zero-order valence-electron chi connectivity index (χ0n) is 13.1. The minimum absolute atomic E-state index is 0.0711. The number of nitrogen functional groups attached to an aromatic ring is 1. The topological polar surface area (TPSA) is 84.2 Å². The lowest BCUT2D eigenvalue weighted by atomic mass is 10.1. The number of benzene rings is 2. The van der Waals surface area contributed by atoms with Crippen LogP contribution in [0.1, 0.15) is 29.3 Å². The van der Waals surface area contributed by atoms with Crippen molar-refractivity contribution in [2.24, 2.45) is 0 Å². The molecular weight excluding hydrogens is 290 g/mol. The molecule has 0 aromatic heterocycles. The van der Waals surface area contributed by atoms with Crippen LogP contribution in [-0.2, 0) is 11.2 Å². The largest absolute Gasteiger partial charge is 0.399 e. The molecule has 0 unspecified atom stereocenters. The van der Waals surface area contributed by atoms with Gasteiger partial charge in [0.2, 0.25) is 5.91 Å². The second-order valence-corrected chi connectivity index (χ2v) is 5.23. The van der Waals surface area contributed by atoms with Gasteiger partial charge in [0.05, 0.1) is 0 Å². The Morgan fingerprint density at radius 2 is 1.83 bits per heavy atom. The number of hydrogen-bond donors (Lipinski definition) is 3. The normalized spacial score (nSPS) is 10.1. The van der Waals surface area contributed by atoms with Gasteiger partial charge in [-0.2, -0.15) is 0 Å². The van der Waals surface area contributed by atoms with Gasteiger partial charge in [-0.15, -0.1) is 0 Å². The van der Waals surface area contributed by atoms with E-state index in [-0.39, 0.29) is 11.8 Å². The third kappa shape index (κ3) is 5.14. The average Bonchev–Trinajstić information content (AvgIpc) is 2.54. The maximum Gasteiger partial charge on any atom is 0.251 e. The summed E-state index contributed by atoms with van der Waals surface area (Å²) in [6.45, 7) is 2.45. The van der Waals surface area contributed by atoms with Crippen LogP contribution < -0.4 is 16.4 Å². The number of nitrogens with two attached hydrogens (primary N) is 1. The molecule has 0 atom stereocenters. The Morgan fingerprint density at radius 1 is 1.09 bits per heavy atom. The van der Waals surface area contributed by atoms with E-state index < -0.39 is 0 Å². The standard InChI is InChI=1S/C18H21N3O2/c1-2-20-18(23)14-7-9-16(10-8-14)21-17(22)11-6-13-4-3-5-15(19)12-13/h3-5,7-10,12H,2,6,11,19H2,1H3,(H,20,23)(H,21,22). The van der Waals surface area contributed by atoms with Gasteiger partial charge in [0.25, 0.3) is 5.91 Å². The molecule has 0 radical (unpaired) electrons. The Hall–Kier alpha value is -2.82. The Balaban J connectivity index is 1.86. The van der Waals surface area contributed by atoms with Crippen LogP contribution in [0.3, 0.4) is 0 Å². The van der Waals surface area contributed by atoms with Crippen LogP contribution in [0.25, 0.3) is 0 Å². The average molecular weight is 311 g/mol. The molecule has 0 heterocycles. The molecule has 2 amide bonds. The lowest BCUT2D eigenvalue weighted by Crippen LogP contribution is -2.22. The third-order valence-electron chi connectivity index (χ3n) is 3.36. The van der Waals surface area contributed by atoms with Crippen LogP contribution in [0, 0.1) is 0 Å². The SMILES string of the molecule is CCNC(=O)c1ccc(NC(=O)CCc2cccc(N)c2)cc1. The lowest BCUT2D eigenvalue weighted by Gasteiger charge is -2.07. The fourth-order valence-corrected chi connectivity index (χ4v) is 2.20. The highest BCUT2D eigenvalue weighted by molar-refractivity contribution is 5.95. The van der Waals surface area contributed by atoms with Gasteiger partial charge in [0.1, 0.15) is 0 Å². The molecule has 0 aliphatic carbocycles. The first-order chi connectivity index (χ1) is 11.1. The molecule has 2 rings (SSSR count). The van der Waals surface area contributed by atoms with Gasteiger partial charge >= 0.3 is 0 Å². The van der Waals surface area contributed by atoms with Crippen molar-refractivity contribution in [3.8, 4) is 0 Å². The smallest absolute Gasteiger partial charge is 0.251 e. The number of nitrogens with one attached hydrogen (secondary N) is 2. The molecule has 5 heteroatoms. The van der Waals surface area contributed by atoms with E-state index in [0.29, 0.717) is 36.3 Å². The van der Waals surface area contributed by atoms with Gasteiger partial charge in [-0.25, -0.2) is 0 Å². The highest BCUT2D eigenvalue weighted by atomic mass is 16.2. The van der Waals surface area contributed by atoms with E-state index >= 15 is 0 Å². The molecule has 5 nitrogen and oxygen atoms in total. The monoisotopic (exact) mass is 311 g/mol. The van der Waals surface area contributed by atoms with Crippen molar-refractivity contribution in [1.82, 2.24) is 5.32 Å². The van der Waals surface area contributed by atoms with E-state index in [2.05, 4.69) is 10.6 Å². The van der Waals surface area contributed by atoms with Crippen molar-refractivity contribution in [3.05, 3.63) is 59.7 Å². The summed E-state index contributed by atoms with van der Waals surface area (Å²) < 4.78 is 0. The Morgan fingerprint density at radius 3 is 2.48 bits per heavy atom. The number of amides is 2. The summed E-state index contributed by atoms with van der Waals surface area (Å²) in [7, 11) is 0. The first kappa shape index (κ1) is 16.5. The second-order valence-electron chi connectivity index (χ2n) is 5.23. The molecule has 2 aromatic carbocycles. The predicted molar refractivity (Wildman–Crippen MR) is 92.3 cm³/mol. The molecule has 23 heavy (non-hydrogen) atoms. The summed E-state index contributed by atoms with van der Waals surface area (Å²) in [6.07, 6.45) is 1.01. The van der Waals surface area contributed by atoms with Crippen molar-refractivity contribution in [2.45, 2.75) is 19.8 Å². The van der Waals surface area contributed by atoms with Crippen molar-refractivity contribution < 1.29 is 9.59 Å². The number of carbonyl (C=O) groups excluding carboxylic acids is 2. The van der Waals surface area contributed by atoms with Crippen LogP contribution in [0.2, 0.25) is 0 Å². The Bertz CT molecular complexity index is 681. The highest BCUT2D eigenvalue weighted by Gasteiger charge is 2.06. The number of hydrogen-bond acceptors (Lipinski definition) is 3. The van der Waals surface area contributed by atoms with Gasteiger partial charge in [-0.1, -0.05) is 12.1 Å². The van der Waals surface area contributed by atoms with Crippen LogP contribution in [0.4, 0.5) is 11.4 Å². The molecule has 0 spiro atoms. The van der Waals surface area contributed by atoms with Crippen LogP contribution in [0.5, 0.6) is 0 Å². The van der Waals surface area contributed by atoms with E-state index in [1.807, 2.05) is 31.2 Å². The first-order valence-electron chi connectivity index (χ1n) is 7.61. The molecule has 0 saturated carbocycles. The maximum atomic E-state index is 12.0. The summed E-state index contributed by atoms with van der Waals surface area (Å²) in [6, 6.07) is 14.4. The van der Waals surface area contributed by atoms with E-state index in [1.165, 1.54) is 0 Å². The van der Waals surface area contributed by atoms with Gasteiger partial charge < -0.3 is 16.4 Å². The van der Waals surface area contributed by atoms with E-state index in [1.54, 1.807) is 24.3 Å². The third-order valence-corrected chi connectivity index (χ3v) is 3.36. The van der Waals surface area contributed by atoms with Gasteiger partial charge in [-0.05, 0) is 55.3 Å². The van der Waals surface area contributed by atoms with E-state index in [4.69, 9.17) is 5.73 Å². The highest BCUT2D eigenvalue weighted by Crippen LogP contribution is 2.12. The summed E-state index contributed by atoms with van der Waals surface area (Å²) in [5.74, 6) is -0.190. The van der Waals surface area contributed by atoms with Gasteiger partial charge in [0, 0.05) is 29.9 Å². The summed E-state index contributed by atoms with van der Waals surface area (Å²) in [4.78, 5) is 23.6. The number of rotatable bonds is 6.